The Labute approximate surface area is 151 Å². The Morgan fingerprint density at radius 3 is 2.84 bits per heavy atom. The average Bonchev–Trinajstić information content (AvgIpc) is 2.99. The Morgan fingerprint density at radius 1 is 1.28 bits per heavy atom. The second kappa shape index (κ2) is 6.90. The molecular weight excluding hydrogens is 334 g/mol. The lowest BCUT2D eigenvalue weighted by molar-refractivity contribution is -0.132. The lowest BCUT2D eigenvalue weighted by Gasteiger charge is -2.30. The molecule has 2 aromatic rings. The van der Waals surface area contributed by atoms with E-state index in [0.29, 0.717) is 24.6 Å². The van der Waals surface area contributed by atoms with Crippen molar-refractivity contribution >= 4 is 27.5 Å². The van der Waals surface area contributed by atoms with Crippen molar-refractivity contribution in [2.45, 2.75) is 58.3 Å². The van der Waals surface area contributed by atoms with Gasteiger partial charge in [0.25, 0.3) is 5.56 Å². The molecule has 1 fully saturated rings. The van der Waals surface area contributed by atoms with E-state index in [2.05, 4.69) is 16.9 Å². The molecule has 134 valence electrons. The lowest BCUT2D eigenvalue weighted by atomic mass is 9.97. The second-order valence-electron chi connectivity index (χ2n) is 7.47. The standard InChI is InChI=1S/C19H25N3O2S/c1-12-8-10-22(11-9-12)16(23)7-6-15-20-18(24)17-13-4-2-3-5-14(13)25-19(17)21-15/h12H,2-11H2,1H3,(H,20,21,24). The molecule has 6 heteroatoms. The first kappa shape index (κ1) is 16.8. The van der Waals surface area contributed by atoms with Crippen LogP contribution in [0, 0.1) is 5.92 Å². The number of hydrogen-bond donors (Lipinski definition) is 1. The van der Waals surface area contributed by atoms with Crippen LogP contribution in [0.25, 0.3) is 10.2 Å². The molecule has 1 N–H and O–H groups in total. The van der Waals surface area contributed by atoms with E-state index in [0.717, 1.165) is 55.4 Å². The highest BCUT2D eigenvalue weighted by Crippen LogP contribution is 2.33. The molecule has 1 amide bonds. The molecule has 0 spiro atoms. The zero-order valence-electron chi connectivity index (χ0n) is 14.8. The Hall–Kier alpha value is -1.69. The van der Waals surface area contributed by atoms with E-state index < -0.39 is 0 Å². The molecule has 0 atom stereocenters. The van der Waals surface area contributed by atoms with Gasteiger partial charge in [-0.05, 0) is 50.0 Å². The lowest BCUT2D eigenvalue weighted by Crippen LogP contribution is -2.38. The fourth-order valence-electron chi connectivity index (χ4n) is 3.97. The molecule has 2 aromatic heterocycles. The van der Waals surface area contributed by atoms with Crippen molar-refractivity contribution in [1.82, 2.24) is 14.9 Å². The van der Waals surface area contributed by atoms with E-state index >= 15 is 0 Å². The number of aryl methyl sites for hydroxylation is 3. The van der Waals surface area contributed by atoms with Gasteiger partial charge in [-0.3, -0.25) is 9.59 Å². The predicted molar refractivity (Wildman–Crippen MR) is 100 cm³/mol. The van der Waals surface area contributed by atoms with Crippen LogP contribution in [0.3, 0.4) is 0 Å². The molecule has 0 saturated carbocycles. The molecule has 4 rings (SSSR count). The third-order valence-electron chi connectivity index (χ3n) is 5.59. The molecule has 0 unspecified atom stereocenters. The summed E-state index contributed by atoms with van der Waals surface area (Å²) in [5, 5.41) is 0.791. The second-order valence-corrected chi connectivity index (χ2v) is 8.55. The highest BCUT2D eigenvalue weighted by molar-refractivity contribution is 7.18. The van der Waals surface area contributed by atoms with E-state index in [1.165, 1.54) is 16.9 Å². The molecule has 0 bridgehead atoms. The number of likely N-dealkylation sites (tertiary alicyclic amines) is 1. The monoisotopic (exact) mass is 359 g/mol. The molecule has 1 aliphatic heterocycles. The van der Waals surface area contributed by atoms with Gasteiger partial charge in [0, 0.05) is 30.8 Å². The average molecular weight is 359 g/mol. The number of H-pyrrole nitrogens is 1. The summed E-state index contributed by atoms with van der Waals surface area (Å²) in [6, 6.07) is 0. The first-order valence-electron chi connectivity index (χ1n) is 9.43. The molecule has 1 saturated heterocycles. The van der Waals surface area contributed by atoms with Crippen molar-refractivity contribution in [3.63, 3.8) is 0 Å². The zero-order chi connectivity index (χ0) is 17.4. The summed E-state index contributed by atoms with van der Waals surface area (Å²) in [6.07, 6.45) is 7.53. The van der Waals surface area contributed by atoms with Gasteiger partial charge in [-0.25, -0.2) is 4.98 Å². The number of hydrogen-bond acceptors (Lipinski definition) is 4. The maximum Gasteiger partial charge on any atom is 0.259 e. The minimum Gasteiger partial charge on any atom is -0.343 e. The van der Waals surface area contributed by atoms with Gasteiger partial charge in [0.05, 0.1) is 5.39 Å². The van der Waals surface area contributed by atoms with Gasteiger partial charge in [-0.2, -0.15) is 0 Å². The van der Waals surface area contributed by atoms with Crippen LogP contribution in [0.1, 0.15) is 55.3 Å². The number of carbonyl (C=O) groups is 1. The van der Waals surface area contributed by atoms with Crippen LogP contribution < -0.4 is 5.56 Å². The molecule has 0 aromatic carbocycles. The van der Waals surface area contributed by atoms with Crippen molar-refractivity contribution in [3.8, 4) is 0 Å². The number of amides is 1. The normalized spacial score (nSPS) is 18.5. The number of carbonyl (C=O) groups excluding carboxylic acids is 1. The van der Waals surface area contributed by atoms with E-state index in [1.54, 1.807) is 11.3 Å². The van der Waals surface area contributed by atoms with Gasteiger partial charge in [0.15, 0.2) is 0 Å². The van der Waals surface area contributed by atoms with Gasteiger partial charge >= 0.3 is 0 Å². The van der Waals surface area contributed by atoms with Crippen LogP contribution in [0.4, 0.5) is 0 Å². The van der Waals surface area contributed by atoms with Crippen molar-refractivity contribution < 1.29 is 4.79 Å². The fraction of sp³-hybridized carbons (Fsp3) is 0.632. The van der Waals surface area contributed by atoms with E-state index in [4.69, 9.17) is 0 Å². The predicted octanol–water partition coefficient (Wildman–Crippen LogP) is 3.05. The van der Waals surface area contributed by atoms with Gasteiger partial charge in [-0.1, -0.05) is 6.92 Å². The van der Waals surface area contributed by atoms with Crippen molar-refractivity contribution in [2.75, 3.05) is 13.1 Å². The van der Waals surface area contributed by atoms with Crippen LogP contribution in [-0.4, -0.2) is 33.9 Å². The largest absolute Gasteiger partial charge is 0.343 e. The summed E-state index contributed by atoms with van der Waals surface area (Å²) in [5.74, 6) is 1.55. The maximum atomic E-state index is 12.5. The topological polar surface area (TPSA) is 66.1 Å². The summed E-state index contributed by atoms with van der Waals surface area (Å²) in [7, 11) is 0. The van der Waals surface area contributed by atoms with Crippen LogP contribution in [0.2, 0.25) is 0 Å². The van der Waals surface area contributed by atoms with E-state index in [9.17, 15) is 9.59 Å². The van der Waals surface area contributed by atoms with Gasteiger partial charge < -0.3 is 9.88 Å². The SMILES string of the molecule is CC1CCN(C(=O)CCc2nc3sc4c(c3c(=O)[nH]2)CCCC4)CC1. The number of fused-ring (bicyclic) bond motifs is 3. The van der Waals surface area contributed by atoms with E-state index in [-0.39, 0.29) is 11.5 Å². The maximum absolute atomic E-state index is 12.5. The number of thiophene rings is 1. The van der Waals surface area contributed by atoms with Crippen molar-refractivity contribution in [1.29, 1.82) is 0 Å². The molecule has 2 aliphatic rings. The minimum absolute atomic E-state index is 0.0290. The van der Waals surface area contributed by atoms with Crippen LogP contribution in [-0.2, 0) is 24.1 Å². The number of rotatable bonds is 3. The summed E-state index contributed by atoms with van der Waals surface area (Å²) >= 11 is 1.66. The molecule has 0 radical (unpaired) electrons. The number of aromatic amines is 1. The summed E-state index contributed by atoms with van der Waals surface area (Å²) in [6.45, 7) is 3.97. The molecular formula is C19H25N3O2S. The quantitative estimate of drug-likeness (QED) is 0.916. The first-order chi connectivity index (χ1) is 12.1. The molecule has 25 heavy (non-hydrogen) atoms. The van der Waals surface area contributed by atoms with Crippen molar-refractivity contribution in [2.24, 2.45) is 5.92 Å². The summed E-state index contributed by atoms with van der Waals surface area (Å²) in [4.78, 5) is 36.6. The van der Waals surface area contributed by atoms with Crippen LogP contribution in [0.15, 0.2) is 4.79 Å². The zero-order valence-corrected chi connectivity index (χ0v) is 15.6. The Bertz CT molecular complexity index is 846. The fourth-order valence-corrected chi connectivity index (χ4v) is 5.25. The van der Waals surface area contributed by atoms with Gasteiger partial charge in [0.1, 0.15) is 10.7 Å². The smallest absolute Gasteiger partial charge is 0.259 e. The molecule has 3 heterocycles. The Morgan fingerprint density at radius 2 is 2.04 bits per heavy atom. The number of aromatic nitrogens is 2. The number of nitrogens with one attached hydrogen (secondary N) is 1. The first-order valence-corrected chi connectivity index (χ1v) is 10.2. The van der Waals surface area contributed by atoms with Gasteiger partial charge in [-0.15, -0.1) is 11.3 Å². The molecule has 5 nitrogen and oxygen atoms in total. The highest BCUT2D eigenvalue weighted by Gasteiger charge is 2.22. The minimum atomic E-state index is -0.0290. The summed E-state index contributed by atoms with van der Waals surface area (Å²) < 4.78 is 0. The number of nitrogens with zero attached hydrogens (tertiary/aromatic N) is 2. The van der Waals surface area contributed by atoms with Crippen LogP contribution in [0.5, 0.6) is 0 Å². The Kier molecular flexibility index (Phi) is 4.63. The number of piperidine rings is 1. The molecule has 1 aliphatic carbocycles. The van der Waals surface area contributed by atoms with Crippen molar-refractivity contribution in [3.05, 3.63) is 26.6 Å². The van der Waals surface area contributed by atoms with E-state index in [1.807, 2.05) is 4.90 Å². The highest BCUT2D eigenvalue weighted by atomic mass is 32.1. The van der Waals surface area contributed by atoms with Crippen LogP contribution >= 0.6 is 11.3 Å². The van der Waals surface area contributed by atoms with Gasteiger partial charge in [0.2, 0.25) is 5.91 Å². The third kappa shape index (κ3) is 3.36. The summed E-state index contributed by atoms with van der Waals surface area (Å²) in [5.41, 5.74) is 1.18. The Balaban J connectivity index is 1.48. The third-order valence-corrected chi connectivity index (χ3v) is 6.77.